The molecule has 0 aliphatic heterocycles. The number of aromatic nitrogens is 1. The van der Waals surface area contributed by atoms with Crippen LogP contribution in [0.25, 0.3) is 0 Å². The summed E-state index contributed by atoms with van der Waals surface area (Å²) in [7, 11) is 0. The number of esters is 1. The van der Waals surface area contributed by atoms with Crippen molar-refractivity contribution >= 4 is 29.2 Å². The largest absolute Gasteiger partial charge is 0.423 e. The van der Waals surface area contributed by atoms with Crippen LogP contribution in [0.15, 0.2) is 36.5 Å². The third-order valence-electron chi connectivity index (χ3n) is 2.30. The first-order valence-corrected chi connectivity index (χ1v) is 5.92. The predicted octanol–water partition coefficient (Wildman–Crippen LogP) is 3.92. The maximum absolute atomic E-state index is 11.9. The monoisotopic (exact) mass is 281 g/mol. The number of rotatable bonds is 2. The second kappa shape index (κ2) is 5.38. The minimum Gasteiger partial charge on any atom is -0.423 e. The van der Waals surface area contributed by atoms with Crippen LogP contribution in [0.3, 0.4) is 0 Å². The van der Waals surface area contributed by atoms with E-state index < -0.39 is 5.97 Å². The van der Waals surface area contributed by atoms with Gasteiger partial charge in [0.2, 0.25) is 0 Å². The average molecular weight is 282 g/mol. The number of nitrogens with zero attached hydrogens (tertiary/aromatic N) is 1. The highest BCUT2D eigenvalue weighted by atomic mass is 35.5. The molecule has 0 unspecified atom stereocenters. The third kappa shape index (κ3) is 3.00. The molecule has 0 amide bonds. The number of hydrogen-bond donors (Lipinski definition) is 0. The van der Waals surface area contributed by atoms with E-state index in [0.29, 0.717) is 16.3 Å². The van der Waals surface area contributed by atoms with E-state index in [0.717, 1.165) is 5.56 Å². The van der Waals surface area contributed by atoms with E-state index in [1.54, 1.807) is 24.3 Å². The van der Waals surface area contributed by atoms with Gasteiger partial charge in [-0.3, -0.25) is 0 Å². The van der Waals surface area contributed by atoms with Gasteiger partial charge in [-0.15, -0.1) is 0 Å². The molecule has 0 saturated carbocycles. The van der Waals surface area contributed by atoms with Crippen molar-refractivity contribution in [3.8, 4) is 5.75 Å². The van der Waals surface area contributed by atoms with Gasteiger partial charge < -0.3 is 4.74 Å². The topological polar surface area (TPSA) is 39.2 Å². The molecule has 2 aromatic rings. The lowest BCUT2D eigenvalue weighted by atomic mass is 10.2. The van der Waals surface area contributed by atoms with Crippen LogP contribution in [0.2, 0.25) is 10.2 Å². The molecule has 0 aliphatic carbocycles. The van der Waals surface area contributed by atoms with Gasteiger partial charge in [-0.05, 0) is 42.8 Å². The molecule has 1 aromatic carbocycles. The van der Waals surface area contributed by atoms with Gasteiger partial charge in [0.1, 0.15) is 10.9 Å². The van der Waals surface area contributed by atoms with E-state index in [-0.39, 0.29) is 5.15 Å². The molecule has 0 saturated heterocycles. The molecule has 0 spiro atoms. The van der Waals surface area contributed by atoms with Gasteiger partial charge in [0.05, 0.1) is 5.56 Å². The van der Waals surface area contributed by atoms with E-state index in [9.17, 15) is 4.79 Å². The molecular weight excluding hydrogens is 273 g/mol. The number of ether oxygens (including phenoxy) is 1. The lowest BCUT2D eigenvalue weighted by Gasteiger charge is -2.07. The standard InChI is InChI=1S/C13H9Cl2NO2/c1-8-6-10(14)2-3-11(8)18-13(17)9-4-5-16-12(15)7-9/h2-7H,1H3. The minimum absolute atomic E-state index is 0.247. The summed E-state index contributed by atoms with van der Waals surface area (Å²) in [6, 6.07) is 8.04. The highest BCUT2D eigenvalue weighted by molar-refractivity contribution is 6.30. The fourth-order valence-electron chi connectivity index (χ4n) is 1.42. The summed E-state index contributed by atoms with van der Waals surface area (Å²) in [5, 5.41) is 0.844. The quantitative estimate of drug-likeness (QED) is 0.476. The molecule has 1 heterocycles. The fourth-order valence-corrected chi connectivity index (χ4v) is 1.82. The van der Waals surface area contributed by atoms with Crippen molar-refractivity contribution in [1.29, 1.82) is 0 Å². The number of halogens is 2. The maximum atomic E-state index is 11.9. The molecule has 1 aromatic heterocycles. The van der Waals surface area contributed by atoms with Gasteiger partial charge in [0, 0.05) is 11.2 Å². The summed E-state index contributed by atoms with van der Waals surface area (Å²) in [5.74, 6) is -0.0120. The second-order valence-electron chi connectivity index (χ2n) is 3.67. The average Bonchev–Trinajstić information content (AvgIpc) is 2.32. The number of carbonyl (C=O) groups excluding carboxylic acids is 1. The van der Waals surface area contributed by atoms with Crippen molar-refractivity contribution in [1.82, 2.24) is 4.98 Å². The number of hydrogen-bond acceptors (Lipinski definition) is 3. The van der Waals surface area contributed by atoms with Crippen molar-refractivity contribution in [2.75, 3.05) is 0 Å². The van der Waals surface area contributed by atoms with Gasteiger partial charge in [-0.25, -0.2) is 9.78 Å². The zero-order valence-electron chi connectivity index (χ0n) is 9.48. The van der Waals surface area contributed by atoms with Crippen LogP contribution in [0.1, 0.15) is 15.9 Å². The van der Waals surface area contributed by atoms with E-state index in [2.05, 4.69) is 4.98 Å². The van der Waals surface area contributed by atoms with Gasteiger partial charge in [-0.2, -0.15) is 0 Å². The van der Waals surface area contributed by atoms with Crippen molar-refractivity contribution in [3.63, 3.8) is 0 Å². The van der Waals surface area contributed by atoms with Gasteiger partial charge in [-0.1, -0.05) is 23.2 Å². The van der Waals surface area contributed by atoms with E-state index >= 15 is 0 Å². The van der Waals surface area contributed by atoms with Gasteiger partial charge in [0.25, 0.3) is 0 Å². The number of carbonyl (C=O) groups is 1. The molecule has 0 aliphatic rings. The zero-order valence-corrected chi connectivity index (χ0v) is 11.0. The Morgan fingerprint density at radius 2 is 2.00 bits per heavy atom. The molecular formula is C13H9Cl2NO2. The Labute approximate surface area is 114 Å². The number of pyridine rings is 1. The Morgan fingerprint density at radius 3 is 2.67 bits per heavy atom. The first-order chi connectivity index (χ1) is 8.56. The lowest BCUT2D eigenvalue weighted by molar-refractivity contribution is 0.0733. The Morgan fingerprint density at radius 1 is 1.22 bits per heavy atom. The predicted molar refractivity (Wildman–Crippen MR) is 70.4 cm³/mol. The number of aryl methyl sites for hydroxylation is 1. The molecule has 2 rings (SSSR count). The Hall–Kier alpha value is -1.58. The smallest absolute Gasteiger partial charge is 0.343 e. The van der Waals surface area contributed by atoms with Gasteiger partial charge >= 0.3 is 5.97 Å². The maximum Gasteiger partial charge on any atom is 0.343 e. The SMILES string of the molecule is Cc1cc(Cl)ccc1OC(=O)c1ccnc(Cl)c1. The highest BCUT2D eigenvalue weighted by Gasteiger charge is 2.11. The molecule has 0 N–H and O–H groups in total. The molecule has 5 heteroatoms. The molecule has 92 valence electrons. The zero-order chi connectivity index (χ0) is 13.1. The van der Waals surface area contributed by atoms with Crippen LogP contribution in [0.5, 0.6) is 5.75 Å². The van der Waals surface area contributed by atoms with Crippen molar-refractivity contribution < 1.29 is 9.53 Å². The summed E-state index contributed by atoms with van der Waals surface area (Å²) < 4.78 is 5.26. The molecule has 18 heavy (non-hydrogen) atoms. The third-order valence-corrected chi connectivity index (χ3v) is 2.74. The summed E-state index contributed by atoms with van der Waals surface area (Å²) in [4.78, 5) is 15.7. The molecule has 0 fully saturated rings. The van der Waals surface area contributed by atoms with Crippen molar-refractivity contribution in [2.45, 2.75) is 6.92 Å². The van der Waals surface area contributed by atoms with Gasteiger partial charge in [0.15, 0.2) is 0 Å². The van der Waals surface area contributed by atoms with E-state index in [1.165, 1.54) is 12.3 Å². The van der Waals surface area contributed by atoms with E-state index in [1.807, 2.05) is 6.92 Å². The molecule has 3 nitrogen and oxygen atoms in total. The normalized spacial score (nSPS) is 10.2. The van der Waals surface area contributed by atoms with Crippen LogP contribution in [-0.2, 0) is 0 Å². The van der Waals surface area contributed by atoms with Crippen LogP contribution >= 0.6 is 23.2 Å². The summed E-state index contributed by atoms with van der Waals surface area (Å²) in [6.45, 7) is 1.81. The number of benzene rings is 1. The first kappa shape index (κ1) is 12.9. The van der Waals surface area contributed by atoms with Crippen molar-refractivity contribution in [3.05, 3.63) is 57.8 Å². The van der Waals surface area contributed by atoms with E-state index in [4.69, 9.17) is 27.9 Å². The Bertz CT molecular complexity index is 599. The molecule has 0 bridgehead atoms. The summed E-state index contributed by atoms with van der Waals surface area (Å²) in [5.41, 5.74) is 1.14. The van der Waals surface area contributed by atoms with Crippen LogP contribution in [0.4, 0.5) is 0 Å². The van der Waals surface area contributed by atoms with Crippen LogP contribution in [-0.4, -0.2) is 11.0 Å². The molecule has 0 radical (unpaired) electrons. The first-order valence-electron chi connectivity index (χ1n) is 5.16. The summed E-state index contributed by atoms with van der Waals surface area (Å²) >= 11 is 11.5. The highest BCUT2D eigenvalue weighted by Crippen LogP contribution is 2.22. The Kier molecular flexibility index (Phi) is 3.84. The molecule has 0 atom stereocenters. The summed E-state index contributed by atoms with van der Waals surface area (Å²) in [6.07, 6.45) is 1.45. The van der Waals surface area contributed by atoms with Crippen LogP contribution in [0, 0.1) is 6.92 Å². The minimum atomic E-state index is -0.482. The second-order valence-corrected chi connectivity index (χ2v) is 4.49. The van der Waals surface area contributed by atoms with Crippen molar-refractivity contribution in [2.24, 2.45) is 0 Å². The Balaban J connectivity index is 2.21. The van der Waals surface area contributed by atoms with Crippen LogP contribution < -0.4 is 4.74 Å². The lowest BCUT2D eigenvalue weighted by Crippen LogP contribution is -2.09. The fraction of sp³-hybridized carbons (Fsp3) is 0.0769.